The second kappa shape index (κ2) is 3.30. The van der Waals surface area contributed by atoms with Gasteiger partial charge in [0.25, 0.3) is 0 Å². The average Bonchev–Trinajstić information content (AvgIpc) is 2.97. The normalized spacial score (nSPS) is 25.4. The van der Waals surface area contributed by atoms with Crippen molar-refractivity contribution in [1.82, 2.24) is 20.5 Å². The highest BCUT2D eigenvalue weighted by Crippen LogP contribution is 2.39. The lowest BCUT2D eigenvalue weighted by Gasteiger charge is -2.31. The fourth-order valence-electron chi connectivity index (χ4n) is 2.29. The van der Waals surface area contributed by atoms with Crippen molar-refractivity contribution in [2.75, 3.05) is 13.1 Å². The standard InChI is InChI=1S/C11H18N4/c1-11(4-6-12-7-5-11)10-13-9(14-15-10)8-2-3-8/h8,12H,2-7H2,1H3,(H,13,14,15). The Balaban J connectivity index is 1.83. The van der Waals surface area contributed by atoms with E-state index in [1.807, 2.05) is 0 Å². The Bertz CT molecular complexity index is 347. The topological polar surface area (TPSA) is 53.6 Å². The molecule has 0 bridgehead atoms. The summed E-state index contributed by atoms with van der Waals surface area (Å²) in [4.78, 5) is 4.67. The fourth-order valence-corrected chi connectivity index (χ4v) is 2.29. The molecular formula is C11H18N4. The van der Waals surface area contributed by atoms with Crippen LogP contribution in [-0.4, -0.2) is 28.3 Å². The lowest BCUT2D eigenvalue weighted by molar-refractivity contribution is 0.319. The van der Waals surface area contributed by atoms with Gasteiger partial charge in [0.2, 0.25) is 0 Å². The average molecular weight is 206 g/mol. The predicted molar refractivity (Wildman–Crippen MR) is 57.8 cm³/mol. The van der Waals surface area contributed by atoms with Crippen LogP contribution in [0, 0.1) is 0 Å². The maximum absolute atomic E-state index is 4.67. The highest BCUT2D eigenvalue weighted by molar-refractivity contribution is 5.12. The largest absolute Gasteiger partial charge is 0.317 e. The van der Waals surface area contributed by atoms with Crippen molar-refractivity contribution in [2.24, 2.45) is 0 Å². The molecule has 1 saturated heterocycles. The molecule has 0 unspecified atom stereocenters. The second-order valence-electron chi connectivity index (χ2n) is 5.13. The number of H-pyrrole nitrogens is 1. The van der Waals surface area contributed by atoms with Crippen LogP contribution in [-0.2, 0) is 5.41 Å². The quantitative estimate of drug-likeness (QED) is 0.767. The van der Waals surface area contributed by atoms with Crippen LogP contribution < -0.4 is 5.32 Å². The van der Waals surface area contributed by atoms with E-state index in [0.29, 0.717) is 5.92 Å². The number of piperidine rings is 1. The molecule has 3 rings (SSSR count). The SMILES string of the molecule is CC1(c2n[nH]c(C3CC3)n2)CCNCC1. The van der Waals surface area contributed by atoms with E-state index >= 15 is 0 Å². The van der Waals surface area contributed by atoms with Gasteiger partial charge < -0.3 is 5.32 Å². The number of hydrogen-bond acceptors (Lipinski definition) is 3. The molecule has 0 spiro atoms. The van der Waals surface area contributed by atoms with E-state index in [4.69, 9.17) is 0 Å². The zero-order valence-corrected chi connectivity index (χ0v) is 9.21. The minimum atomic E-state index is 0.189. The van der Waals surface area contributed by atoms with Crippen molar-refractivity contribution in [3.8, 4) is 0 Å². The summed E-state index contributed by atoms with van der Waals surface area (Å²) in [6.07, 6.45) is 4.86. The Labute approximate surface area is 89.9 Å². The van der Waals surface area contributed by atoms with Gasteiger partial charge in [0.15, 0.2) is 5.82 Å². The molecule has 1 aromatic heterocycles. The van der Waals surface area contributed by atoms with Crippen molar-refractivity contribution in [2.45, 2.75) is 43.9 Å². The van der Waals surface area contributed by atoms with Gasteiger partial charge in [-0.2, -0.15) is 5.10 Å². The molecule has 0 aromatic carbocycles. The van der Waals surface area contributed by atoms with Gasteiger partial charge in [-0.25, -0.2) is 4.98 Å². The van der Waals surface area contributed by atoms with Crippen LogP contribution in [0.2, 0.25) is 0 Å². The third-order valence-corrected chi connectivity index (χ3v) is 3.71. The van der Waals surface area contributed by atoms with Gasteiger partial charge in [0.1, 0.15) is 5.82 Å². The molecule has 0 radical (unpaired) electrons. The van der Waals surface area contributed by atoms with E-state index in [2.05, 4.69) is 27.4 Å². The third kappa shape index (κ3) is 1.67. The molecule has 1 saturated carbocycles. The zero-order chi connectivity index (χ0) is 10.3. The smallest absolute Gasteiger partial charge is 0.156 e. The highest BCUT2D eigenvalue weighted by atomic mass is 15.2. The van der Waals surface area contributed by atoms with Gasteiger partial charge in [0, 0.05) is 11.3 Å². The molecule has 0 amide bonds. The molecule has 82 valence electrons. The Morgan fingerprint density at radius 2 is 2.00 bits per heavy atom. The first kappa shape index (κ1) is 9.33. The monoisotopic (exact) mass is 206 g/mol. The maximum Gasteiger partial charge on any atom is 0.156 e. The summed E-state index contributed by atoms with van der Waals surface area (Å²) >= 11 is 0. The summed E-state index contributed by atoms with van der Waals surface area (Å²) < 4.78 is 0. The Kier molecular flexibility index (Phi) is 2.06. The summed E-state index contributed by atoms with van der Waals surface area (Å²) in [5.41, 5.74) is 0.189. The Morgan fingerprint density at radius 3 is 2.67 bits per heavy atom. The van der Waals surface area contributed by atoms with E-state index in [1.165, 1.54) is 12.8 Å². The van der Waals surface area contributed by atoms with Gasteiger partial charge in [0.05, 0.1) is 0 Å². The van der Waals surface area contributed by atoms with Crippen molar-refractivity contribution in [3.05, 3.63) is 11.6 Å². The Hall–Kier alpha value is -0.900. The van der Waals surface area contributed by atoms with Gasteiger partial charge >= 0.3 is 0 Å². The molecule has 0 atom stereocenters. The van der Waals surface area contributed by atoms with Crippen LogP contribution in [0.5, 0.6) is 0 Å². The molecule has 2 N–H and O–H groups in total. The van der Waals surface area contributed by atoms with E-state index in [-0.39, 0.29) is 5.41 Å². The summed E-state index contributed by atoms with van der Waals surface area (Å²) in [5, 5.41) is 10.9. The van der Waals surface area contributed by atoms with E-state index in [9.17, 15) is 0 Å². The van der Waals surface area contributed by atoms with Crippen molar-refractivity contribution < 1.29 is 0 Å². The van der Waals surface area contributed by atoms with Crippen molar-refractivity contribution in [3.63, 3.8) is 0 Å². The van der Waals surface area contributed by atoms with E-state index in [1.54, 1.807) is 0 Å². The second-order valence-corrected chi connectivity index (χ2v) is 5.13. The van der Waals surface area contributed by atoms with Gasteiger partial charge in [-0.15, -0.1) is 0 Å². The van der Waals surface area contributed by atoms with Crippen molar-refractivity contribution in [1.29, 1.82) is 0 Å². The number of hydrogen-bond donors (Lipinski definition) is 2. The third-order valence-electron chi connectivity index (χ3n) is 3.71. The van der Waals surface area contributed by atoms with Gasteiger partial charge in [-0.1, -0.05) is 6.92 Å². The molecule has 15 heavy (non-hydrogen) atoms. The van der Waals surface area contributed by atoms with Crippen LogP contribution in [0.25, 0.3) is 0 Å². The minimum absolute atomic E-state index is 0.189. The number of rotatable bonds is 2. The predicted octanol–water partition coefficient (Wildman–Crippen LogP) is 1.32. The van der Waals surface area contributed by atoms with Gasteiger partial charge in [-0.05, 0) is 38.8 Å². The molecule has 4 nitrogen and oxygen atoms in total. The van der Waals surface area contributed by atoms with Gasteiger partial charge in [-0.3, -0.25) is 5.10 Å². The molecule has 1 aliphatic heterocycles. The number of nitrogens with zero attached hydrogens (tertiary/aromatic N) is 2. The summed E-state index contributed by atoms with van der Waals surface area (Å²) in [6, 6.07) is 0. The first-order valence-corrected chi connectivity index (χ1v) is 5.91. The fraction of sp³-hybridized carbons (Fsp3) is 0.818. The zero-order valence-electron chi connectivity index (χ0n) is 9.21. The number of nitrogens with one attached hydrogen (secondary N) is 2. The van der Waals surface area contributed by atoms with Crippen LogP contribution in [0.4, 0.5) is 0 Å². The lowest BCUT2D eigenvalue weighted by atomic mass is 9.80. The van der Waals surface area contributed by atoms with Crippen molar-refractivity contribution >= 4 is 0 Å². The molecule has 2 heterocycles. The molecule has 2 aliphatic rings. The summed E-state index contributed by atoms with van der Waals surface area (Å²) in [7, 11) is 0. The first-order chi connectivity index (χ1) is 7.28. The van der Waals surface area contributed by atoms with E-state index in [0.717, 1.165) is 37.6 Å². The molecule has 2 fully saturated rings. The summed E-state index contributed by atoms with van der Waals surface area (Å²) in [5.74, 6) is 2.83. The first-order valence-electron chi connectivity index (χ1n) is 5.91. The molecular weight excluding hydrogens is 188 g/mol. The highest BCUT2D eigenvalue weighted by Gasteiger charge is 2.34. The van der Waals surface area contributed by atoms with Crippen LogP contribution in [0.15, 0.2) is 0 Å². The number of aromatic amines is 1. The Morgan fingerprint density at radius 1 is 1.27 bits per heavy atom. The maximum atomic E-state index is 4.67. The van der Waals surface area contributed by atoms with Crippen LogP contribution in [0.3, 0.4) is 0 Å². The molecule has 1 aromatic rings. The summed E-state index contributed by atoms with van der Waals surface area (Å²) in [6.45, 7) is 4.46. The molecule has 1 aliphatic carbocycles. The van der Waals surface area contributed by atoms with Crippen LogP contribution in [0.1, 0.15) is 50.2 Å². The van der Waals surface area contributed by atoms with Crippen LogP contribution >= 0.6 is 0 Å². The minimum Gasteiger partial charge on any atom is -0.317 e. The number of aromatic nitrogens is 3. The lowest BCUT2D eigenvalue weighted by Crippen LogP contribution is -2.38. The van der Waals surface area contributed by atoms with E-state index < -0.39 is 0 Å². The molecule has 4 heteroatoms.